The van der Waals surface area contributed by atoms with Crippen LogP contribution in [0.4, 0.5) is 0 Å². The highest BCUT2D eigenvalue weighted by atomic mass is 16.5. The van der Waals surface area contributed by atoms with E-state index in [1.54, 1.807) is 0 Å². The maximum Gasteiger partial charge on any atom is 0.270 e. The third kappa shape index (κ3) is 3.51. The molecule has 1 aromatic heterocycles. The maximum atomic E-state index is 12.0. The quantitative estimate of drug-likeness (QED) is 0.887. The molecule has 3 rings (SSSR count). The van der Waals surface area contributed by atoms with Gasteiger partial charge in [-0.15, -0.1) is 0 Å². The van der Waals surface area contributed by atoms with E-state index in [2.05, 4.69) is 15.3 Å². The minimum absolute atomic E-state index is 0.0405. The van der Waals surface area contributed by atoms with Gasteiger partial charge in [0.1, 0.15) is 5.69 Å². The molecule has 2 heterocycles. The van der Waals surface area contributed by atoms with Crippen LogP contribution in [0, 0.1) is 0 Å². The number of nitrogens with zero attached hydrogens (tertiary/aromatic N) is 1. The van der Waals surface area contributed by atoms with Crippen LogP contribution in [0.25, 0.3) is 11.0 Å². The zero-order valence-corrected chi connectivity index (χ0v) is 12.3. The van der Waals surface area contributed by atoms with Crippen LogP contribution in [0.15, 0.2) is 29.1 Å². The lowest BCUT2D eigenvalue weighted by Gasteiger charge is -2.23. The van der Waals surface area contributed by atoms with Crippen molar-refractivity contribution in [1.82, 2.24) is 15.3 Å². The number of hydrogen-bond acceptors (Lipinski definition) is 4. The van der Waals surface area contributed by atoms with Gasteiger partial charge in [-0.1, -0.05) is 12.1 Å². The van der Waals surface area contributed by atoms with Crippen molar-refractivity contribution < 1.29 is 9.53 Å². The second kappa shape index (κ2) is 6.70. The van der Waals surface area contributed by atoms with E-state index in [-0.39, 0.29) is 23.9 Å². The fourth-order valence-corrected chi connectivity index (χ4v) is 2.61. The van der Waals surface area contributed by atoms with Crippen LogP contribution in [-0.2, 0) is 16.0 Å². The molecule has 1 aliphatic heterocycles. The van der Waals surface area contributed by atoms with Gasteiger partial charge in [-0.2, -0.15) is 0 Å². The Balaban J connectivity index is 1.62. The highest BCUT2D eigenvalue weighted by Crippen LogP contribution is 2.08. The second-order valence-electron chi connectivity index (χ2n) is 5.48. The Morgan fingerprint density at radius 2 is 2.09 bits per heavy atom. The first-order valence-corrected chi connectivity index (χ1v) is 7.57. The molecule has 0 spiro atoms. The summed E-state index contributed by atoms with van der Waals surface area (Å²) in [6, 6.07) is 7.56. The number of aromatic nitrogens is 2. The number of hydrogen-bond donors (Lipinski definition) is 2. The minimum Gasteiger partial charge on any atom is -0.381 e. The summed E-state index contributed by atoms with van der Waals surface area (Å²) in [6.07, 6.45) is 2.31. The number of amides is 1. The molecule has 1 amide bonds. The van der Waals surface area contributed by atoms with E-state index >= 15 is 0 Å². The van der Waals surface area contributed by atoms with E-state index in [9.17, 15) is 9.59 Å². The number of para-hydroxylation sites is 2. The van der Waals surface area contributed by atoms with E-state index in [1.165, 1.54) is 0 Å². The second-order valence-corrected chi connectivity index (χ2v) is 5.48. The molecular weight excluding hydrogens is 282 g/mol. The monoisotopic (exact) mass is 301 g/mol. The molecule has 6 nitrogen and oxygen atoms in total. The van der Waals surface area contributed by atoms with Crippen LogP contribution in [0.1, 0.15) is 25.0 Å². The van der Waals surface area contributed by atoms with Crippen LogP contribution in [-0.4, -0.2) is 35.1 Å². The minimum atomic E-state index is -0.224. The number of rotatable bonds is 4. The van der Waals surface area contributed by atoms with Crippen LogP contribution in [0.5, 0.6) is 0 Å². The summed E-state index contributed by atoms with van der Waals surface area (Å²) in [5.74, 6) is -0.0405. The zero-order chi connectivity index (χ0) is 15.4. The first kappa shape index (κ1) is 14.7. The normalized spacial score (nSPS) is 15.8. The molecule has 6 heteroatoms. The lowest BCUT2D eigenvalue weighted by molar-refractivity contribution is -0.122. The molecule has 0 bridgehead atoms. The molecule has 0 aliphatic carbocycles. The van der Waals surface area contributed by atoms with Crippen molar-refractivity contribution in [1.29, 1.82) is 0 Å². The predicted octanol–water partition coefficient (Wildman–Crippen LogP) is 1.15. The maximum absolute atomic E-state index is 12.0. The summed E-state index contributed by atoms with van der Waals surface area (Å²) >= 11 is 0. The Morgan fingerprint density at radius 1 is 1.32 bits per heavy atom. The fraction of sp³-hybridized carbons (Fsp3) is 0.438. The van der Waals surface area contributed by atoms with E-state index < -0.39 is 0 Å². The molecule has 1 aliphatic rings. The van der Waals surface area contributed by atoms with Gasteiger partial charge in [0.15, 0.2) is 0 Å². The molecule has 0 atom stereocenters. The van der Waals surface area contributed by atoms with Crippen molar-refractivity contribution in [3.8, 4) is 0 Å². The predicted molar refractivity (Wildman–Crippen MR) is 82.7 cm³/mol. The third-order valence-corrected chi connectivity index (χ3v) is 3.85. The van der Waals surface area contributed by atoms with Crippen molar-refractivity contribution in [3.63, 3.8) is 0 Å². The van der Waals surface area contributed by atoms with Gasteiger partial charge in [-0.25, -0.2) is 4.98 Å². The van der Waals surface area contributed by atoms with E-state index in [0.717, 1.165) is 18.4 Å². The van der Waals surface area contributed by atoms with Crippen LogP contribution < -0.4 is 10.9 Å². The molecule has 0 unspecified atom stereocenters. The fourth-order valence-electron chi connectivity index (χ4n) is 2.61. The number of fused-ring (bicyclic) bond motifs is 1. The highest BCUT2D eigenvalue weighted by Gasteiger charge is 2.16. The summed E-state index contributed by atoms with van der Waals surface area (Å²) in [5.41, 5.74) is 1.63. The first-order chi connectivity index (χ1) is 10.7. The number of H-pyrrole nitrogens is 1. The number of aryl methyl sites for hydroxylation is 1. The Labute approximate surface area is 127 Å². The molecule has 0 saturated carbocycles. The Morgan fingerprint density at radius 3 is 2.91 bits per heavy atom. The summed E-state index contributed by atoms with van der Waals surface area (Å²) in [6.45, 7) is 1.38. The molecule has 116 valence electrons. The summed E-state index contributed by atoms with van der Waals surface area (Å²) in [5, 5.41) is 2.99. The van der Waals surface area contributed by atoms with Crippen LogP contribution in [0.3, 0.4) is 0 Å². The zero-order valence-electron chi connectivity index (χ0n) is 12.3. The van der Waals surface area contributed by atoms with Crippen molar-refractivity contribution in [2.75, 3.05) is 13.2 Å². The van der Waals surface area contributed by atoms with Gasteiger partial charge < -0.3 is 15.0 Å². The molecule has 2 N–H and O–H groups in total. The number of carbonyl (C=O) groups excluding carboxylic acids is 1. The van der Waals surface area contributed by atoms with Crippen molar-refractivity contribution in [2.45, 2.75) is 31.7 Å². The number of nitrogens with one attached hydrogen (secondary N) is 2. The number of benzene rings is 1. The SMILES string of the molecule is O=C(CCc1nc2ccccc2[nH]c1=O)NC1CCOCC1. The summed E-state index contributed by atoms with van der Waals surface area (Å²) < 4.78 is 5.26. The number of carbonyl (C=O) groups is 1. The number of aromatic amines is 1. The standard InChI is InChI=1S/C16H19N3O3/c20-15(17-11-7-9-22-10-8-11)6-5-14-16(21)19-13-4-2-1-3-12(13)18-14/h1-4,11H,5-10H2,(H,17,20)(H,19,21). The molecule has 22 heavy (non-hydrogen) atoms. The van der Waals surface area contributed by atoms with Gasteiger partial charge in [0.05, 0.1) is 11.0 Å². The average molecular weight is 301 g/mol. The van der Waals surface area contributed by atoms with Gasteiger partial charge in [0, 0.05) is 32.1 Å². The van der Waals surface area contributed by atoms with E-state index in [1.807, 2.05) is 24.3 Å². The average Bonchev–Trinajstić information content (AvgIpc) is 2.54. The number of ether oxygens (including phenoxy) is 1. The van der Waals surface area contributed by atoms with Gasteiger partial charge in [0.2, 0.25) is 5.91 Å². The van der Waals surface area contributed by atoms with Crippen molar-refractivity contribution >= 4 is 16.9 Å². The van der Waals surface area contributed by atoms with Crippen LogP contribution in [0.2, 0.25) is 0 Å². The van der Waals surface area contributed by atoms with Gasteiger partial charge in [-0.05, 0) is 25.0 Å². The lowest BCUT2D eigenvalue weighted by Crippen LogP contribution is -2.39. The van der Waals surface area contributed by atoms with Gasteiger partial charge >= 0.3 is 0 Å². The summed E-state index contributed by atoms with van der Waals surface area (Å²) in [7, 11) is 0. The van der Waals surface area contributed by atoms with Gasteiger partial charge in [-0.3, -0.25) is 9.59 Å². The summed E-state index contributed by atoms with van der Waals surface area (Å²) in [4.78, 5) is 31.1. The smallest absolute Gasteiger partial charge is 0.270 e. The lowest BCUT2D eigenvalue weighted by atomic mass is 10.1. The van der Waals surface area contributed by atoms with E-state index in [0.29, 0.717) is 30.8 Å². The van der Waals surface area contributed by atoms with E-state index in [4.69, 9.17) is 4.74 Å². The van der Waals surface area contributed by atoms with Gasteiger partial charge in [0.25, 0.3) is 5.56 Å². The Bertz CT molecular complexity index is 720. The third-order valence-electron chi connectivity index (χ3n) is 3.85. The van der Waals surface area contributed by atoms with Crippen LogP contribution >= 0.6 is 0 Å². The topological polar surface area (TPSA) is 84.1 Å². The molecule has 2 aromatic rings. The Hall–Kier alpha value is -2.21. The first-order valence-electron chi connectivity index (χ1n) is 7.57. The molecule has 1 saturated heterocycles. The highest BCUT2D eigenvalue weighted by molar-refractivity contribution is 5.77. The largest absolute Gasteiger partial charge is 0.381 e. The molecule has 1 aromatic carbocycles. The van der Waals surface area contributed by atoms with Crippen molar-refractivity contribution in [2.24, 2.45) is 0 Å². The molecule has 1 fully saturated rings. The Kier molecular flexibility index (Phi) is 4.48. The molecule has 0 radical (unpaired) electrons. The van der Waals surface area contributed by atoms with Crippen molar-refractivity contribution in [3.05, 3.63) is 40.3 Å². The molecular formula is C16H19N3O3.